The van der Waals surface area contributed by atoms with Gasteiger partial charge < -0.3 is 24.4 Å². The van der Waals surface area contributed by atoms with Crippen LogP contribution in [0.4, 0.5) is 11.4 Å². The van der Waals surface area contributed by atoms with Crippen LogP contribution in [-0.4, -0.2) is 39.2 Å². The van der Waals surface area contributed by atoms with Crippen molar-refractivity contribution in [3.63, 3.8) is 0 Å². The van der Waals surface area contributed by atoms with Crippen LogP contribution in [0.25, 0.3) is 0 Å². The van der Waals surface area contributed by atoms with E-state index in [1.165, 1.54) is 0 Å². The summed E-state index contributed by atoms with van der Waals surface area (Å²) in [5.74, 6) is 1.15. The van der Waals surface area contributed by atoms with Crippen LogP contribution in [0, 0.1) is 5.92 Å². The Balaban J connectivity index is 1.71. The van der Waals surface area contributed by atoms with Crippen LogP contribution in [0.5, 0.6) is 17.2 Å². The molecule has 0 bridgehead atoms. The van der Waals surface area contributed by atoms with Crippen molar-refractivity contribution in [1.29, 1.82) is 0 Å². The molecule has 7 nitrogen and oxygen atoms in total. The fourth-order valence-corrected chi connectivity index (χ4v) is 3.17. The Morgan fingerprint density at radius 2 is 1.82 bits per heavy atom. The Bertz CT molecular complexity index is 850. The average Bonchev–Trinajstić information content (AvgIpc) is 3.11. The third kappa shape index (κ3) is 4.19. The second-order valence-corrected chi connectivity index (χ2v) is 6.39. The van der Waals surface area contributed by atoms with Gasteiger partial charge in [-0.15, -0.1) is 0 Å². The monoisotopic (exact) mass is 384 g/mol. The zero-order valence-corrected chi connectivity index (χ0v) is 16.2. The molecule has 1 heterocycles. The van der Waals surface area contributed by atoms with Gasteiger partial charge in [-0.3, -0.25) is 9.59 Å². The number of anilines is 2. The summed E-state index contributed by atoms with van der Waals surface area (Å²) in [5.41, 5.74) is 1.27. The smallest absolute Gasteiger partial charge is 0.229 e. The molecule has 2 aromatic rings. The molecule has 2 amide bonds. The fraction of sp³-hybridized carbons (Fsp3) is 0.333. The first kappa shape index (κ1) is 19.5. The van der Waals surface area contributed by atoms with Crippen molar-refractivity contribution in [1.82, 2.24) is 0 Å². The van der Waals surface area contributed by atoms with Crippen molar-refractivity contribution >= 4 is 23.2 Å². The standard InChI is InChI=1S/C21H24N2O5/c1-4-28-16-7-5-15(6-8-16)22-21(25)14-11-20(24)23(13-14)18-12-17(26-2)9-10-19(18)27-3/h5-10,12,14H,4,11,13H2,1-3H3,(H,22,25)/t14-/m1/s1. The molecule has 0 aliphatic carbocycles. The summed E-state index contributed by atoms with van der Waals surface area (Å²) >= 11 is 0. The lowest BCUT2D eigenvalue weighted by atomic mass is 10.1. The van der Waals surface area contributed by atoms with Crippen molar-refractivity contribution in [3.8, 4) is 17.2 Å². The van der Waals surface area contributed by atoms with E-state index in [2.05, 4.69) is 5.32 Å². The van der Waals surface area contributed by atoms with Crippen molar-refractivity contribution < 1.29 is 23.8 Å². The van der Waals surface area contributed by atoms with Crippen molar-refractivity contribution in [2.75, 3.05) is 37.6 Å². The van der Waals surface area contributed by atoms with E-state index in [-0.39, 0.29) is 24.8 Å². The van der Waals surface area contributed by atoms with Gasteiger partial charge in [0.2, 0.25) is 11.8 Å². The summed E-state index contributed by atoms with van der Waals surface area (Å²) in [6.45, 7) is 2.78. The molecule has 0 aromatic heterocycles. The first-order valence-electron chi connectivity index (χ1n) is 9.11. The van der Waals surface area contributed by atoms with Gasteiger partial charge in [-0.2, -0.15) is 0 Å². The first-order valence-corrected chi connectivity index (χ1v) is 9.11. The van der Waals surface area contributed by atoms with Gasteiger partial charge in [-0.05, 0) is 43.3 Å². The number of nitrogens with one attached hydrogen (secondary N) is 1. The second-order valence-electron chi connectivity index (χ2n) is 6.39. The van der Waals surface area contributed by atoms with Crippen LogP contribution in [0.15, 0.2) is 42.5 Å². The zero-order valence-electron chi connectivity index (χ0n) is 16.2. The molecule has 0 spiro atoms. The largest absolute Gasteiger partial charge is 0.497 e. The lowest BCUT2D eigenvalue weighted by Gasteiger charge is -2.20. The third-order valence-corrected chi connectivity index (χ3v) is 4.61. The lowest BCUT2D eigenvalue weighted by Crippen LogP contribution is -2.28. The van der Waals surface area contributed by atoms with Crippen LogP contribution in [0.2, 0.25) is 0 Å². The van der Waals surface area contributed by atoms with Crippen LogP contribution < -0.4 is 24.4 Å². The number of carbonyl (C=O) groups excluding carboxylic acids is 2. The number of hydrogen-bond acceptors (Lipinski definition) is 5. The number of hydrogen-bond donors (Lipinski definition) is 1. The molecule has 1 aliphatic rings. The second kappa shape index (κ2) is 8.65. The van der Waals surface area contributed by atoms with E-state index in [0.29, 0.717) is 29.5 Å². The van der Waals surface area contributed by atoms with Crippen LogP contribution in [0.3, 0.4) is 0 Å². The van der Waals surface area contributed by atoms with Gasteiger partial charge in [0.25, 0.3) is 0 Å². The molecule has 1 fully saturated rings. The van der Waals surface area contributed by atoms with Crippen LogP contribution in [0.1, 0.15) is 13.3 Å². The minimum absolute atomic E-state index is 0.126. The Morgan fingerprint density at radius 1 is 1.11 bits per heavy atom. The van der Waals surface area contributed by atoms with Gasteiger partial charge in [0, 0.05) is 24.7 Å². The molecule has 3 rings (SSSR count). The van der Waals surface area contributed by atoms with E-state index in [0.717, 1.165) is 5.75 Å². The Morgan fingerprint density at radius 3 is 2.46 bits per heavy atom. The minimum Gasteiger partial charge on any atom is -0.497 e. The van der Waals surface area contributed by atoms with E-state index >= 15 is 0 Å². The van der Waals surface area contributed by atoms with E-state index in [4.69, 9.17) is 14.2 Å². The van der Waals surface area contributed by atoms with Gasteiger partial charge in [-0.25, -0.2) is 0 Å². The molecule has 1 aliphatic heterocycles. The van der Waals surface area contributed by atoms with Gasteiger partial charge in [0.1, 0.15) is 17.2 Å². The first-order chi connectivity index (χ1) is 13.5. The summed E-state index contributed by atoms with van der Waals surface area (Å²) in [4.78, 5) is 26.8. The molecule has 28 heavy (non-hydrogen) atoms. The zero-order chi connectivity index (χ0) is 20.1. The number of carbonyl (C=O) groups is 2. The summed E-state index contributed by atoms with van der Waals surface area (Å²) in [5, 5.41) is 2.87. The number of benzene rings is 2. The predicted octanol–water partition coefficient (Wildman–Crippen LogP) is 3.09. The van der Waals surface area contributed by atoms with E-state index in [1.54, 1.807) is 61.6 Å². The van der Waals surface area contributed by atoms with Gasteiger partial charge in [0.05, 0.1) is 32.4 Å². The van der Waals surface area contributed by atoms with E-state index in [1.807, 2.05) is 6.92 Å². The van der Waals surface area contributed by atoms with Gasteiger partial charge >= 0.3 is 0 Å². The highest BCUT2D eigenvalue weighted by atomic mass is 16.5. The van der Waals surface area contributed by atoms with Crippen molar-refractivity contribution in [2.45, 2.75) is 13.3 Å². The molecule has 148 valence electrons. The summed E-state index contributed by atoms with van der Waals surface area (Å²) < 4.78 is 16.0. The Hall–Kier alpha value is -3.22. The minimum atomic E-state index is -0.449. The molecular weight excluding hydrogens is 360 g/mol. The number of methoxy groups -OCH3 is 2. The summed E-state index contributed by atoms with van der Waals surface area (Å²) in [7, 11) is 3.10. The maximum atomic E-state index is 12.6. The van der Waals surface area contributed by atoms with E-state index < -0.39 is 5.92 Å². The maximum absolute atomic E-state index is 12.6. The molecule has 7 heteroatoms. The molecule has 1 atom stereocenters. The molecule has 0 saturated carbocycles. The molecule has 1 N–H and O–H groups in total. The topological polar surface area (TPSA) is 77.1 Å². The van der Waals surface area contributed by atoms with Crippen LogP contribution in [-0.2, 0) is 9.59 Å². The number of amides is 2. The molecule has 1 saturated heterocycles. The third-order valence-electron chi connectivity index (χ3n) is 4.61. The highest BCUT2D eigenvalue weighted by molar-refractivity contribution is 6.04. The Kier molecular flexibility index (Phi) is 6.03. The quantitative estimate of drug-likeness (QED) is 0.794. The SMILES string of the molecule is CCOc1ccc(NC(=O)[C@@H]2CC(=O)N(c3cc(OC)ccc3OC)C2)cc1. The molecule has 0 unspecified atom stereocenters. The van der Waals surface area contributed by atoms with Gasteiger partial charge in [0.15, 0.2) is 0 Å². The highest BCUT2D eigenvalue weighted by Gasteiger charge is 2.36. The average molecular weight is 384 g/mol. The number of nitrogens with zero attached hydrogens (tertiary/aromatic N) is 1. The molecule has 0 radical (unpaired) electrons. The normalized spacial score (nSPS) is 16.0. The number of rotatable bonds is 7. The summed E-state index contributed by atoms with van der Waals surface area (Å²) in [6.07, 6.45) is 0.142. The van der Waals surface area contributed by atoms with Gasteiger partial charge in [-0.1, -0.05) is 0 Å². The predicted molar refractivity (Wildman–Crippen MR) is 106 cm³/mol. The number of ether oxygens (including phenoxy) is 3. The van der Waals surface area contributed by atoms with Crippen molar-refractivity contribution in [2.24, 2.45) is 5.92 Å². The molecular formula is C21H24N2O5. The highest BCUT2D eigenvalue weighted by Crippen LogP contribution is 2.36. The van der Waals surface area contributed by atoms with Crippen molar-refractivity contribution in [3.05, 3.63) is 42.5 Å². The van der Waals surface area contributed by atoms with E-state index in [9.17, 15) is 9.59 Å². The fourth-order valence-electron chi connectivity index (χ4n) is 3.17. The van der Waals surface area contributed by atoms with Crippen LogP contribution >= 0.6 is 0 Å². The molecule has 2 aromatic carbocycles. The Labute approximate surface area is 164 Å². The maximum Gasteiger partial charge on any atom is 0.229 e. The summed E-state index contributed by atoms with van der Waals surface area (Å²) in [6, 6.07) is 12.4. The lowest BCUT2D eigenvalue weighted by molar-refractivity contribution is -0.122.